The van der Waals surface area contributed by atoms with Crippen LogP contribution in [0.15, 0.2) is 29.2 Å². The number of hydrogen-bond acceptors (Lipinski definition) is 5. The summed E-state index contributed by atoms with van der Waals surface area (Å²) in [4.78, 5) is 25.6. The standard InChI is InChI=1S/C18H25N3O5S/c19-17(22)13-6-8-21(9-7-13)18(23)14-3-1-5-16(11-14)27(24,25)20-12-15-4-2-10-26-15/h1,3,5,11,13,15,20H,2,4,6-10,12H2,(H2,19,22). The smallest absolute Gasteiger partial charge is 0.253 e. The van der Waals surface area contributed by atoms with Crippen LogP contribution in [-0.4, -0.2) is 57.5 Å². The zero-order valence-electron chi connectivity index (χ0n) is 15.1. The maximum atomic E-state index is 12.7. The molecule has 0 bridgehead atoms. The minimum absolute atomic E-state index is 0.0540. The predicted octanol–water partition coefficient (Wildman–Crippen LogP) is 0.481. The number of benzene rings is 1. The molecule has 2 amide bonds. The Morgan fingerprint density at radius 3 is 2.59 bits per heavy atom. The molecule has 1 aromatic carbocycles. The summed E-state index contributed by atoms with van der Waals surface area (Å²) in [5.41, 5.74) is 5.63. The van der Waals surface area contributed by atoms with E-state index in [1.807, 2.05) is 0 Å². The van der Waals surface area contributed by atoms with E-state index in [1.54, 1.807) is 17.0 Å². The predicted molar refractivity (Wildman–Crippen MR) is 98.4 cm³/mol. The Bertz CT molecular complexity index is 797. The molecule has 0 aromatic heterocycles. The Morgan fingerprint density at radius 1 is 1.22 bits per heavy atom. The lowest BCUT2D eigenvalue weighted by molar-refractivity contribution is -0.123. The fourth-order valence-corrected chi connectivity index (χ4v) is 4.55. The summed E-state index contributed by atoms with van der Waals surface area (Å²) in [6.45, 7) is 1.74. The summed E-state index contributed by atoms with van der Waals surface area (Å²) in [7, 11) is -3.72. The van der Waals surface area contributed by atoms with Gasteiger partial charge in [0.05, 0.1) is 11.0 Å². The van der Waals surface area contributed by atoms with Crippen molar-refractivity contribution < 1.29 is 22.7 Å². The first-order valence-corrected chi connectivity index (χ1v) is 10.6. The highest BCUT2D eigenvalue weighted by Gasteiger charge is 2.27. The highest BCUT2D eigenvalue weighted by Crippen LogP contribution is 2.20. The van der Waals surface area contributed by atoms with E-state index in [-0.39, 0.29) is 35.3 Å². The number of likely N-dealkylation sites (tertiary alicyclic amines) is 1. The van der Waals surface area contributed by atoms with Crippen LogP contribution in [0.2, 0.25) is 0 Å². The molecule has 2 saturated heterocycles. The second kappa shape index (κ2) is 8.37. The number of ether oxygens (including phenoxy) is 1. The highest BCUT2D eigenvalue weighted by atomic mass is 32.2. The Balaban J connectivity index is 1.65. The number of sulfonamides is 1. The number of rotatable bonds is 6. The Morgan fingerprint density at radius 2 is 1.96 bits per heavy atom. The second-order valence-corrected chi connectivity index (χ2v) is 8.75. The highest BCUT2D eigenvalue weighted by molar-refractivity contribution is 7.89. The van der Waals surface area contributed by atoms with Crippen LogP contribution in [0, 0.1) is 5.92 Å². The van der Waals surface area contributed by atoms with Crippen LogP contribution in [0.25, 0.3) is 0 Å². The molecule has 2 heterocycles. The molecular weight excluding hydrogens is 370 g/mol. The van der Waals surface area contributed by atoms with Crippen LogP contribution in [-0.2, 0) is 19.6 Å². The van der Waals surface area contributed by atoms with Gasteiger partial charge < -0.3 is 15.4 Å². The maximum absolute atomic E-state index is 12.7. The Hall–Kier alpha value is -1.97. The molecule has 2 fully saturated rings. The van der Waals surface area contributed by atoms with E-state index in [4.69, 9.17) is 10.5 Å². The number of hydrogen-bond donors (Lipinski definition) is 2. The molecule has 27 heavy (non-hydrogen) atoms. The van der Waals surface area contributed by atoms with Crippen molar-refractivity contribution in [1.29, 1.82) is 0 Å². The second-order valence-electron chi connectivity index (χ2n) is 6.98. The third kappa shape index (κ3) is 4.85. The van der Waals surface area contributed by atoms with Gasteiger partial charge in [-0.05, 0) is 43.9 Å². The number of carbonyl (C=O) groups is 2. The van der Waals surface area contributed by atoms with Gasteiger partial charge in [0.2, 0.25) is 15.9 Å². The van der Waals surface area contributed by atoms with Gasteiger partial charge in [0.1, 0.15) is 0 Å². The van der Waals surface area contributed by atoms with Crippen LogP contribution in [0.4, 0.5) is 0 Å². The van der Waals surface area contributed by atoms with Gasteiger partial charge in [-0.2, -0.15) is 0 Å². The summed E-state index contributed by atoms with van der Waals surface area (Å²) in [5, 5.41) is 0. The molecule has 3 N–H and O–H groups in total. The lowest BCUT2D eigenvalue weighted by atomic mass is 9.96. The summed E-state index contributed by atoms with van der Waals surface area (Å²) in [5.74, 6) is -0.788. The molecule has 148 valence electrons. The molecule has 2 aliphatic heterocycles. The van der Waals surface area contributed by atoms with Gasteiger partial charge >= 0.3 is 0 Å². The van der Waals surface area contributed by atoms with Crippen molar-refractivity contribution in [2.75, 3.05) is 26.2 Å². The van der Waals surface area contributed by atoms with E-state index >= 15 is 0 Å². The van der Waals surface area contributed by atoms with Crippen molar-refractivity contribution in [1.82, 2.24) is 9.62 Å². The van der Waals surface area contributed by atoms with Gasteiger partial charge in [-0.25, -0.2) is 13.1 Å². The molecule has 1 unspecified atom stereocenters. The molecule has 0 aliphatic carbocycles. The maximum Gasteiger partial charge on any atom is 0.253 e. The minimum atomic E-state index is -3.72. The summed E-state index contributed by atoms with van der Waals surface area (Å²) in [6.07, 6.45) is 2.73. The number of nitrogens with zero attached hydrogens (tertiary/aromatic N) is 1. The molecule has 3 rings (SSSR count). The largest absolute Gasteiger partial charge is 0.377 e. The molecule has 8 nitrogen and oxygen atoms in total. The van der Waals surface area contributed by atoms with E-state index in [0.717, 1.165) is 12.8 Å². The molecule has 1 atom stereocenters. The minimum Gasteiger partial charge on any atom is -0.377 e. The van der Waals surface area contributed by atoms with E-state index in [9.17, 15) is 18.0 Å². The first-order chi connectivity index (χ1) is 12.9. The summed E-state index contributed by atoms with van der Waals surface area (Å²) >= 11 is 0. The average Bonchev–Trinajstić information content (AvgIpc) is 3.20. The third-order valence-electron chi connectivity index (χ3n) is 5.10. The topological polar surface area (TPSA) is 119 Å². The third-order valence-corrected chi connectivity index (χ3v) is 6.52. The van der Waals surface area contributed by atoms with Gasteiger partial charge in [-0.3, -0.25) is 9.59 Å². The molecule has 0 radical (unpaired) electrons. The SMILES string of the molecule is NC(=O)C1CCN(C(=O)c2cccc(S(=O)(=O)NCC3CCCO3)c2)CC1. The van der Waals surface area contributed by atoms with Crippen LogP contribution in [0.3, 0.4) is 0 Å². The van der Waals surface area contributed by atoms with Crippen LogP contribution >= 0.6 is 0 Å². The Labute approximate surface area is 159 Å². The molecule has 2 aliphatic rings. The normalized spacial score (nSPS) is 21.3. The number of primary amides is 1. The molecule has 1 aromatic rings. The van der Waals surface area contributed by atoms with Gasteiger partial charge in [0.15, 0.2) is 0 Å². The monoisotopic (exact) mass is 395 g/mol. The lowest BCUT2D eigenvalue weighted by Crippen LogP contribution is -2.41. The van der Waals surface area contributed by atoms with Crippen LogP contribution < -0.4 is 10.5 Å². The zero-order valence-corrected chi connectivity index (χ0v) is 15.9. The van der Waals surface area contributed by atoms with Crippen molar-refractivity contribution in [3.63, 3.8) is 0 Å². The number of nitrogens with two attached hydrogens (primary N) is 1. The summed E-state index contributed by atoms with van der Waals surface area (Å²) in [6, 6.07) is 6.01. The van der Waals surface area contributed by atoms with Gasteiger partial charge in [0, 0.05) is 37.7 Å². The van der Waals surface area contributed by atoms with Crippen molar-refractivity contribution >= 4 is 21.8 Å². The number of piperidine rings is 1. The quantitative estimate of drug-likeness (QED) is 0.726. The zero-order chi connectivity index (χ0) is 19.4. The molecule has 0 spiro atoms. The molecular formula is C18H25N3O5S. The number of carbonyl (C=O) groups excluding carboxylic acids is 2. The average molecular weight is 395 g/mol. The van der Waals surface area contributed by atoms with Crippen molar-refractivity contribution in [3.05, 3.63) is 29.8 Å². The first kappa shape index (κ1) is 19.8. The molecule has 0 saturated carbocycles. The van der Waals surface area contributed by atoms with E-state index in [1.165, 1.54) is 12.1 Å². The summed E-state index contributed by atoms with van der Waals surface area (Å²) < 4.78 is 33.0. The van der Waals surface area contributed by atoms with E-state index in [2.05, 4.69) is 4.72 Å². The van der Waals surface area contributed by atoms with Crippen molar-refractivity contribution in [3.8, 4) is 0 Å². The van der Waals surface area contributed by atoms with Gasteiger partial charge in [-0.1, -0.05) is 6.07 Å². The molecule has 9 heteroatoms. The first-order valence-electron chi connectivity index (χ1n) is 9.17. The van der Waals surface area contributed by atoms with Crippen LogP contribution in [0.1, 0.15) is 36.0 Å². The Kier molecular flexibility index (Phi) is 6.13. The van der Waals surface area contributed by atoms with Gasteiger partial charge in [0.25, 0.3) is 5.91 Å². The number of nitrogens with one attached hydrogen (secondary N) is 1. The number of amides is 2. The van der Waals surface area contributed by atoms with E-state index in [0.29, 0.717) is 38.1 Å². The van der Waals surface area contributed by atoms with Gasteiger partial charge in [-0.15, -0.1) is 0 Å². The lowest BCUT2D eigenvalue weighted by Gasteiger charge is -2.30. The van der Waals surface area contributed by atoms with Crippen LogP contribution in [0.5, 0.6) is 0 Å². The van der Waals surface area contributed by atoms with E-state index < -0.39 is 10.0 Å². The fourth-order valence-electron chi connectivity index (χ4n) is 3.44. The van der Waals surface area contributed by atoms with Crippen molar-refractivity contribution in [2.24, 2.45) is 11.7 Å². The fraction of sp³-hybridized carbons (Fsp3) is 0.556. The van der Waals surface area contributed by atoms with Crippen molar-refractivity contribution in [2.45, 2.75) is 36.7 Å².